The fraction of sp³-hybridized carbons (Fsp3) is 0.0455. The Morgan fingerprint density at radius 2 is 1.68 bits per heavy atom. The van der Waals surface area contributed by atoms with E-state index < -0.39 is 15.5 Å². The van der Waals surface area contributed by atoms with Gasteiger partial charge in [-0.1, -0.05) is 60.1 Å². The summed E-state index contributed by atoms with van der Waals surface area (Å²) in [5.41, 5.74) is -3.37. The van der Waals surface area contributed by atoms with Crippen molar-refractivity contribution < 1.29 is 21.6 Å². The summed E-state index contributed by atoms with van der Waals surface area (Å²) in [6, 6.07) is 18.7. The number of pyridine rings is 1. The molecule has 0 aliphatic heterocycles. The number of halogens is 4. The van der Waals surface area contributed by atoms with Crippen molar-refractivity contribution in [2.75, 3.05) is 4.72 Å². The molecule has 9 heteroatoms. The molecule has 0 atom stereocenters. The number of rotatable bonds is 4. The molecule has 0 bridgehead atoms. The second-order valence-electron chi connectivity index (χ2n) is 6.71. The second-order valence-corrected chi connectivity index (χ2v) is 8.79. The van der Waals surface area contributed by atoms with Crippen molar-refractivity contribution >= 4 is 61.1 Å². The Hall–Kier alpha value is -3.10. The van der Waals surface area contributed by atoms with E-state index in [4.69, 9.17) is 11.6 Å². The number of hydrogen-bond acceptors (Lipinski definition) is 3. The predicted molar refractivity (Wildman–Crippen MR) is 118 cm³/mol. The number of sulfonamides is 1. The van der Waals surface area contributed by atoms with Gasteiger partial charge in [-0.05, 0) is 46.7 Å². The fourth-order valence-electron chi connectivity index (χ4n) is 3.14. The van der Waals surface area contributed by atoms with E-state index in [1.165, 1.54) is 12.1 Å². The highest BCUT2D eigenvalue weighted by Gasteiger charge is 2.46. The number of para-hydroxylation sites is 1. The first-order valence-electron chi connectivity index (χ1n) is 8.99. The summed E-state index contributed by atoms with van der Waals surface area (Å²) >= 11 is 6.33. The van der Waals surface area contributed by atoms with Crippen molar-refractivity contribution in [3.8, 4) is 0 Å². The van der Waals surface area contributed by atoms with Crippen LogP contribution in [0, 0.1) is 0 Å². The minimum atomic E-state index is -5.48. The SMILES string of the molecule is O=S(=O)(Nc1ccc2c(/C=C/c3cc(Cl)c4ccccc4n3)cccc2c1)C(F)(F)F. The van der Waals surface area contributed by atoms with Crippen LogP contribution in [0.15, 0.2) is 66.7 Å². The van der Waals surface area contributed by atoms with Crippen LogP contribution in [0.2, 0.25) is 5.02 Å². The van der Waals surface area contributed by atoms with Crippen LogP contribution >= 0.6 is 11.6 Å². The zero-order valence-electron chi connectivity index (χ0n) is 15.7. The largest absolute Gasteiger partial charge is 0.516 e. The lowest BCUT2D eigenvalue weighted by Crippen LogP contribution is -2.29. The Balaban J connectivity index is 1.68. The van der Waals surface area contributed by atoms with E-state index in [-0.39, 0.29) is 5.69 Å². The van der Waals surface area contributed by atoms with Crippen LogP contribution in [-0.4, -0.2) is 18.9 Å². The minimum Gasteiger partial charge on any atom is -0.276 e. The van der Waals surface area contributed by atoms with Gasteiger partial charge in [-0.2, -0.15) is 21.6 Å². The first-order valence-corrected chi connectivity index (χ1v) is 10.9. The van der Waals surface area contributed by atoms with E-state index in [1.54, 1.807) is 35.1 Å². The Morgan fingerprint density at radius 1 is 0.903 bits per heavy atom. The van der Waals surface area contributed by atoms with Gasteiger partial charge in [-0.15, -0.1) is 0 Å². The van der Waals surface area contributed by atoms with Gasteiger partial charge in [0.25, 0.3) is 0 Å². The molecule has 0 saturated heterocycles. The van der Waals surface area contributed by atoms with Gasteiger partial charge >= 0.3 is 15.5 Å². The number of hydrogen-bond donors (Lipinski definition) is 1. The molecular formula is C22H14ClF3N2O2S. The molecule has 4 rings (SSSR count). The molecule has 4 nitrogen and oxygen atoms in total. The molecule has 0 spiro atoms. The van der Waals surface area contributed by atoms with Gasteiger partial charge in [0.2, 0.25) is 0 Å². The molecule has 0 aliphatic rings. The lowest BCUT2D eigenvalue weighted by Gasteiger charge is -2.11. The maximum Gasteiger partial charge on any atom is 0.516 e. The highest BCUT2D eigenvalue weighted by Crippen LogP contribution is 2.29. The average molecular weight is 463 g/mol. The maximum absolute atomic E-state index is 12.6. The number of anilines is 1. The standard InChI is InChI=1S/C22H14ClF3N2O2S/c23-20-13-16(27-21-7-2-1-6-19(20)21)9-8-14-4-3-5-15-12-17(10-11-18(14)15)28-31(29,30)22(24,25)26/h1-13,28H/b9-8+. The number of fused-ring (bicyclic) bond motifs is 2. The monoisotopic (exact) mass is 462 g/mol. The van der Waals surface area contributed by atoms with Crippen molar-refractivity contribution in [3.63, 3.8) is 0 Å². The summed E-state index contributed by atoms with van der Waals surface area (Å²) < 4.78 is 62.1. The van der Waals surface area contributed by atoms with E-state index in [0.717, 1.165) is 21.9 Å². The summed E-state index contributed by atoms with van der Waals surface area (Å²) in [6.45, 7) is 0. The molecule has 1 aromatic heterocycles. The molecule has 0 unspecified atom stereocenters. The van der Waals surface area contributed by atoms with Gasteiger partial charge in [0, 0.05) is 11.1 Å². The van der Waals surface area contributed by atoms with Crippen LogP contribution < -0.4 is 4.72 Å². The van der Waals surface area contributed by atoms with Crippen molar-refractivity contribution in [3.05, 3.63) is 83.0 Å². The molecule has 0 amide bonds. The molecule has 0 fully saturated rings. The summed E-state index contributed by atoms with van der Waals surface area (Å²) in [6.07, 6.45) is 3.60. The first-order chi connectivity index (χ1) is 14.6. The van der Waals surface area contributed by atoms with Crippen LogP contribution in [0.5, 0.6) is 0 Å². The van der Waals surface area contributed by atoms with Crippen LogP contribution in [0.4, 0.5) is 18.9 Å². The first kappa shape index (κ1) is 21.1. The Labute approximate surface area is 181 Å². The molecule has 158 valence electrons. The van der Waals surface area contributed by atoms with Crippen LogP contribution in [0.25, 0.3) is 33.8 Å². The van der Waals surface area contributed by atoms with Gasteiger partial charge in [0.15, 0.2) is 0 Å². The number of benzene rings is 3. The van der Waals surface area contributed by atoms with Crippen molar-refractivity contribution in [2.24, 2.45) is 0 Å². The lowest BCUT2D eigenvalue weighted by atomic mass is 10.0. The van der Waals surface area contributed by atoms with Crippen LogP contribution in [0.1, 0.15) is 11.3 Å². The van der Waals surface area contributed by atoms with Gasteiger partial charge in [0.1, 0.15) is 0 Å². The summed E-state index contributed by atoms with van der Waals surface area (Å²) in [7, 11) is -5.48. The molecule has 4 aromatic rings. The van der Waals surface area contributed by atoms with Crippen molar-refractivity contribution in [2.45, 2.75) is 5.51 Å². The minimum absolute atomic E-state index is 0.172. The summed E-state index contributed by atoms with van der Waals surface area (Å²) in [5, 5.41) is 2.74. The smallest absolute Gasteiger partial charge is 0.276 e. The third-order valence-corrected chi connectivity index (χ3v) is 6.02. The third-order valence-electron chi connectivity index (χ3n) is 4.59. The number of nitrogens with one attached hydrogen (secondary N) is 1. The normalized spacial score (nSPS) is 12.6. The van der Waals surface area contributed by atoms with Gasteiger partial charge < -0.3 is 0 Å². The maximum atomic E-state index is 12.6. The topological polar surface area (TPSA) is 59.1 Å². The molecule has 0 aliphatic carbocycles. The lowest BCUT2D eigenvalue weighted by molar-refractivity contribution is -0.0429. The van der Waals surface area contributed by atoms with Gasteiger partial charge in [-0.25, -0.2) is 4.98 Å². The van der Waals surface area contributed by atoms with Crippen LogP contribution in [-0.2, 0) is 10.0 Å². The Morgan fingerprint density at radius 3 is 2.45 bits per heavy atom. The molecule has 0 radical (unpaired) electrons. The third kappa shape index (κ3) is 4.35. The van der Waals surface area contributed by atoms with Crippen molar-refractivity contribution in [1.82, 2.24) is 4.98 Å². The van der Waals surface area contributed by atoms with E-state index in [2.05, 4.69) is 4.98 Å². The highest BCUT2D eigenvalue weighted by molar-refractivity contribution is 7.93. The van der Waals surface area contributed by atoms with E-state index in [1.807, 2.05) is 36.4 Å². The summed E-state index contributed by atoms with van der Waals surface area (Å²) in [5.74, 6) is 0. The van der Waals surface area contributed by atoms with Crippen LogP contribution in [0.3, 0.4) is 0 Å². The zero-order chi connectivity index (χ0) is 22.2. The quantitative estimate of drug-likeness (QED) is 0.378. The predicted octanol–water partition coefficient (Wildman–Crippen LogP) is 6.47. The zero-order valence-corrected chi connectivity index (χ0v) is 17.3. The van der Waals surface area contributed by atoms with E-state index in [9.17, 15) is 21.6 Å². The molecule has 3 aromatic carbocycles. The Bertz CT molecular complexity index is 1430. The molecule has 1 N–H and O–H groups in total. The van der Waals surface area contributed by atoms with E-state index in [0.29, 0.717) is 16.1 Å². The molecular weight excluding hydrogens is 449 g/mol. The average Bonchev–Trinajstić information content (AvgIpc) is 2.71. The second kappa shape index (κ2) is 7.86. The number of aromatic nitrogens is 1. The number of alkyl halides is 3. The number of nitrogens with zero attached hydrogens (tertiary/aromatic N) is 1. The van der Waals surface area contributed by atoms with Gasteiger partial charge in [-0.3, -0.25) is 4.72 Å². The fourth-order valence-corrected chi connectivity index (χ4v) is 3.97. The molecule has 0 saturated carbocycles. The van der Waals surface area contributed by atoms with E-state index >= 15 is 0 Å². The highest BCUT2D eigenvalue weighted by atomic mass is 35.5. The Kier molecular flexibility index (Phi) is 5.36. The summed E-state index contributed by atoms with van der Waals surface area (Å²) in [4.78, 5) is 4.55. The van der Waals surface area contributed by atoms with Crippen molar-refractivity contribution in [1.29, 1.82) is 0 Å². The molecule has 1 heterocycles. The molecule has 31 heavy (non-hydrogen) atoms. The van der Waals surface area contributed by atoms with Gasteiger partial charge in [0.05, 0.1) is 16.2 Å².